The summed E-state index contributed by atoms with van der Waals surface area (Å²) in [5.74, 6) is -1.08. The highest BCUT2D eigenvalue weighted by Gasteiger charge is 2.11. The van der Waals surface area contributed by atoms with Gasteiger partial charge in [-0.1, -0.05) is 36.4 Å². The van der Waals surface area contributed by atoms with Gasteiger partial charge in [-0.3, -0.25) is 25.2 Å². The van der Waals surface area contributed by atoms with E-state index in [0.29, 0.717) is 17.6 Å². The predicted octanol–water partition coefficient (Wildman–Crippen LogP) is 1.95. The largest absolute Gasteiger partial charge is 0.352 e. The maximum Gasteiger partial charge on any atom is 0.288 e. The Kier molecular flexibility index (Phi) is 5.41. The van der Waals surface area contributed by atoms with Crippen LogP contribution < -0.4 is 16.2 Å². The second kappa shape index (κ2) is 8.09. The van der Waals surface area contributed by atoms with Crippen molar-refractivity contribution in [3.05, 3.63) is 77.5 Å². The molecule has 0 unspecified atom stereocenters. The number of amides is 3. The minimum atomic E-state index is -0.503. The van der Waals surface area contributed by atoms with Gasteiger partial charge in [0.1, 0.15) is 5.69 Å². The van der Waals surface area contributed by atoms with E-state index in [0.717, 1.165) is 10.9 Å². The van der Waals surface area contributed by atoms with E-state index in [1.807, 2.05) is 24.3 Å². The summed E-state index contributed by atoms with van der Waals surface area (Å²) in [6, 6.07) is 17.6. The molecule has 2 aromatic carbocycles. The Balaban J connectivity index is 1.59. The first-order valence-electron chi connectivity index (χ1n) is 8.33. The van der Waals surface area contributed by atoms with Gasteiger partial charge >= 0.3 is 0 Å². The first kappa shape index (κ1) is 18.1. The Bertz CT molecular complexity index is 1000. The summed E-state index contributed by atoms with van der Waals surface area (Å²) in [4.78, 5) is 39.5. The zero-order valence-electron chi connectivity index (χ0n) is 14.7. The smallest absolute Gasteiger partial charge is 0.288 e. The topological polar surface area (TPSA) is 100 Å². The highest BCUT2D eigenvalue weighted by atomic mass is 16.2. The first-order valence-corrected chi connectivity index (χ1v) is 8.33. The standard InChI is InChI=1S/C20H18N4O3/c1-13(25)21-12-14-6-8-16(9-7-14)19(26)23-24-20(27)18-11-10-15-4-2-3-5-17(15)22-18/h2-11H,12H2,1H3,(H,21,25)(H,23,26)(H,24,27). The highest BCUT2D eigenvalue weighted by molar-refractivity contribution is 5.99. The number of hydrazine groups is 1. The number of pyridine rings is 1. The van der Waals surface area contributed by atoms with Crippen LogP contribution in [0, 0.1) is 0 Å². The highest BCUT2D eigenvalue weighted by Crippen LogP contribution is 2.11. The van der Waals surface area contributed by atoms with E-state index in [1.165, 1.54) is 6.92 Å². The van der Waals surface area contributed by atoms with Crippen molar-refractivity contribution in [3.8, 4) is 0 Å². The molecule has 0 saturated carbocycles. The maximum atomic E-state index is 12.2. The van der Waals surface area contributed by atoms with Crippen LogP contribution in [0.5, 0.6) is 0 Å². The fraction of sp³-hybridized carbons (Fsp3) is 0.100. The fourth-order valence-corrected chi connectivity index (χ4v) is 2.44. The molecule has 27 heavy (non-hydrogen) atoms. The average molecular weight is 362 g/mol. The zero-order valence-corrected chi connectivity index (χ0v) is 14.7. The number of hydrogen-bond donors (Lipinski definition) is 3. The van der Waals surface area contributed by atoms with Crippen molar-refractivity contribution in [1.82, 2.24) is 21.2 Å². The minimum absolute atomic E-state index is 0.123. The number of benzene rings is 2. The quantitative estimate of drug-likeness (QED) is 0.618. The van der Waals surface area contributed by atoms with E-state index in [2.05, 4.69) is 21.2 Å². The van der Waals surface area contributed by atoms with Gasteiger partial charge < -0.3 is 5.32 Å². The van der Waals surface area contributed by atoms with Crippen LogP contribution in [0.2, 0.25) is 0 Å². The Hall–Kier alpha value is -3.74. The van der Waals surface area contributed by atoms with Crippen molar-refractivity contribution < 1.29 is 14.4 Å². The van der Waals surface area contributed by atoms with Crippen LogP contribution in [0.4, 0.5) is 0 Å². The molecule has 0 aliphatic carbocycles. The molecule has 3 aromatic rings. The number of para-hydroxylation sites is 1. The van der Waals surface area contributed by atoms with Gasteiger partial charge in [0.15, 0.2) is 0 Å². The monoisotopic (exact) mass is 362 g/mol. The molecular weight excluding hydrogens is 344 g/mol. The predicted molar refractivity (Wildman–Crippen MR) is 101 cm³/mol. The summed E-state index contributed by atoms with van der Waals surface area (Å²) in [6.07, 6.45) is 0. The third kappa shape index (κ3) is 4.66. The second-order valence-electron chi connectivity index (χ2n) is 5.90. The lowest BCUT2D eigenvalue weighted by atomic mass is 10.1. The van der Waals surface area contributed by atoms with Gasteiger partial charge in [0, 0.05) is 24.4 Å². The molecule has 3 rings (SSSR count). The van der Waals surface area contributed by atoms with Gasteiger partial charge in [-0.15, -0.1) is 0 Å². The van der Waals surface area contributed by atoms with Gasteiger partial charge in [0.25, 0.3) is 11.8 Å². The number of rotatable bonds is 4. The Morgan fingerprint density at radius 1 is 0.852 bits per heavy atom. The van der Waals surface area contributed by atoms with Crippen LogP contribution in [-0.4, -0.2) is 22.7 Å². The van der Waals surface area contributed by atoms with Gasteiger partial charge in [-0.2, -0.15) is 0 Å². The number of aromatic nitrogens is 1. The van der Waals surface area contributed by atoms with Gasteiger partial charge in [0.2, 0.25) is 5.91 Å². The molecule has 0 spiro atoms. The minimum Gasteiger partial charge on any atom is -0.352 e. The molecule has 3 amide bonds. The molecule has 1 heterocycles. The van der Waals surface area contributed by atoms with Crippen LogP contribution in [0.1, 0.15) is 33.3 Å². The molecular formula is C20H18N4O3. The maximum absolute atomic E-state index is 12.2. The van der Waals surface area contributed by atoms with E-state index in [4.69, 9.17) is 0 Å². The van der Waals surface area contributed by atoms with E-state index in [1.54, 1.807) is 36.4 Å². The van der Waals surface area contributed by atoms with E-state index in [9.17, 15) is 14.4 Å². The lowest BCUT2D eigenvalue weighted by Gasteiger charge is -2.08. The number of carbonyl (C=O) groups is 3. The second-order valence-corrected chi connectivity index (χ2v) is 5.90. The van der Waals surface area contributed by atoms with Crippen LogP contribution in [0.3, 0.4) is 0 Å². The van der Waals surface area contributed by atoms with E-state index >= 15 is 0 Å². The SMILES string of the molecule is CC(=O)NCc1ccc(C(=O)NNC(=O)c2ccc3ccccc3n2)cc1. The van der Waals surface area contributed by atoms with Gasteiger partial charge in [-0.05, 0) is 29.8 Å². The molecule has 0 aliphatic heterocycles. The zero-order chi connectivity index (χ0) is 19.2. The molecule has 0 fully saturated rings. The molecule has 0 aliphatic rings. The van der Waals surface area contributed by atoms with Crippen molar-refractivity contribution in [2.24, 2.45) is 0 Å². The molecule has 7 nitrogen and oxygen atoms in total. The number of nitrogens with one attached hydrogen (secondary N) is 3. The Labute approximate surface area is 155 Å². The van der Waals surface area contributed by atoms with Gasteiger partial charge in [-0.25, -0.2) is 4.98 Å². The summed E-state index contributed by atoms with van der Waals surface area (Å²) in [5, 5.41) is 3.61. The van der Waals surface area contributed by atoms with E-state index in [-0.39, 0.29) is 11.6 Å². The molecule has 0 radical (unpaired) electrons. The lowest BCUT2D eigenvalue weighted by Crippen LogP contribution is -2.41. The van der Waals surface area contributed by atoms with Crippen molar-refractivity contribution in [1.29, 1.82) is 0 Å². The number of hydrogen-bond acceptors (Lipinski definition) is 4. The third-order valence-corrected chi connectivity index (χ3v) is 3.88. The Morgan fingerprint density at radius 2 is 1.56 bits per heavy atom. The summed E-state index contributed by atoms with van der Waals surface area (Å²) in [7, 11) is 0. The molecule has 0 atom stereocenters. The first-order chi connectivity index (χ1) is 13.0. The number of carbonyl (C=O) groups excluding carboxylic acids is 3. The fourth-order valence-electron chi connectivity index (χ4n) is 2.44. The van der Waals surface area contributed by atoms with E-state index < -0.39 is 11.8 Å². The molecule has 7 heteroatoms. The van der Waals surface area contributed by atoms with Crippen molar-refractivity contribution >= 4 is 28.6 Å². The molecule has 1 aromatic heterocycles. The van der Waals surface area contributed by atoms with Crippen molar-refractivity contribution in [2.75, 3.05) is 0 Å². The molecule has 0 saturated heterocycles. The lowest BCUT2D eigenvalue weighted by molar-refractivity contribution is -0.119. The average Bonchev–Trinajstić information content (AvgIpc) is 2.70. The summed E-state index contributed by atoms with van der Waals surface area (Å²) in [5.41, 5.74) is 6.88. The summed E-state index contributed by atoms with van der Waals surface area (Å²) < 4.78 is 0. The molecule has 136 valence electrons. The van der Waals surface area contributed by atoms with Crippen molar-refractivity contribution in [2.45, 2.75) is 13.5 Å². The van der Waals surface area contributed by atoms with Crippen LogP contribution in [0.15, 0.2) is 60.7 Å². The van der Waals surface area contributed by atoms with Crippen LogP contribution >= 0.6 is 0 Å². The molecule has 3 N–H and O–H groups in total. The Morgan fingerprint density at radius 3 is 2.30 bits per heavy atom. The molecule has 0 bridgehead atoms. The summed E-state index contributed by atoms with van der Waals surface area (Å²) in [6.45, 7) is 1.83. The summed E-state index contributed by atoms with van der Waals surface area (Å²) >= 11 is 0. The number of fused-ring (bicyclic) bond motifs is 1. The van der Waals surface area contributed by atoms with Crippen LogP contribution in [-0.2, 0) is 11.3 Å². The van der Waals surface area contributed by atoms with Crippen LogP contribution in [0.25, 0.3) is 10.9 Å². The number of nitrogens with zero attached hydrogens (tertiary/aromatic N) is 1. The normalized spacial score (nSPS) is 10.3. The van der Waals surface area contributed by atoms with Crippen molar-refractivity contribution in [3.63, 3.8) is 0 Å². The third-order valence-electron chi connectivity index (χ3n) is 3.88. The van der Waals surface area contributed by atoms with Gasteiger partial charge in [0.05, 0.1) is 5.52 Å².